The summed E-state index contributed by atoms with van der Waals surface area (Å²) in [5.74, 6) is -1.08. The summed E-state index contributed by atoms with van der Waals surface area (Å²) in [5, 5.41) is 20.9. The Morgan fingerprint density at radius 2 is 2.11 bits per heavy atom. The number of carboxylic acid groups (broad SMARTS) is 1. The zero-order chi connectivity index (χ0) is 19.6. The van der Waals surface area contributed by atoms with E-state index in [9.17, 15) is 9.59 Å². The fourth-order valence-corrected chi connectivity index (χ4v) is 2.58. The number of hydrogen-bond acceptors (Lipinski definition) is 6. The lowest BCUT2D eigenvalue weighted by Crippen LogP contribution is -2.42. The molecule has 0 aliphatic carbocycles. The molecule has 5 N–H and O–H groups in total. The van der Waals surface area contributed by atoms with Crippen molar-refractivity contribution in [3.8, 4) is 0 Å². The average Bonchev–Trinajstić information content (AvgIpc) is 2.65. The van der Waals surface area contributed by atoms with Crippen LogP contribution < -0.4 is 21.3 Å². The SMILES string of the molecule is CCCNC1C=C(C(=O)Nc2ccc(CNCCC(=O)O)cc2C)N=CN1. The van der Waals surface area contributed by atoms with E-state index in [1.807, 2.05) is 25.1 Å². The molecule has 1 amide bonds. The number of benzene rings is 1. The smallest absolute Gasteiger partial charge is 0.304 e. The molecule has 1 atom stereocenters. The van der Waals surface area contributed by atoms with E-state index in [4.69, 9.17) is 5.11 Å². The summed E-state index contributed by atoms with van der Waals surface area (Å²) in [6, 6.07) is 5.72. The Labute approximate surface area is 159 Å². The molecule has 1 aliphatic heterocycles. The second-order valence-electron chi connectivity index (χ2n) is 6.33. The van der Waals surface area contributed by atoms with Crippen LogP contribution in [0.3, 0.4) is 0 Å². The Morgan fingerprint density at radius 1 is 1.30 bits per heavy atom. The van der Waals surface area contributed by atoms with Crippen LogP contribution in [0.4, 0.5) is 5.69 Å². The van der Waals surface area contributed by atoms with Crippen LogP contribution in [0.15, 0.2) is 35.0 Å². The maximum atomic E-state index is 12.5. The first-order valence-corrected chi connectivity index (χ1v) is 9.06. The molecule has 27 heavy (non-hydrogen) atoms. The lowest BCUT2D eigenvalue weighted by Gasteiger charge is -2.19. The monoisotopic (exact) mass is 373 g/mol. The quantitative estimate of drug-likeness (QED) is 0.395. The minimum absolute atomic E-state index is 0.0890. The summed E-state index contributed by atoms with van der Waals surface area (Å²) in [4.78, 5) is 27.1. The van der Waals surface area contributed by atoms with Crippen molar-refractivity contribution in [3.05, 3.63) is 41.1 Å². The Hall–Kier alpha value is -2.71. The third kappa shape index (κ3) is 6.84. The highest BCUT2D eigenvalue weighted by molar-refractivity contribution is 6.05. The predicted octanol–water partition coefficient (Wildman–Crippen LogP) is 1.34. The summed E-state index contributed by atoms with van der Waals surface area (Å²) in [7, 11) is 0. The second-order valence-corrected chi connectivity index (χ2v) is 6.33. The zero-order valence-corrected chi connectivity index (χ0v) is 15.7. The van der Waals surface area contributed by atoms with Gasteiger partial charge in [-0.05, 0) is 43.2 Å². The van der Waals surface area contributed by atoms with Crippen molar-refractivity contribution in [2.75, 3.05) is 18.4 Å². The van der Waals surface area contributed by atoms with Gasteiger partial charge in [0.25, 0.3) is 5.91 Å². The van der Waals surface area contributed by atoms with Gasteiger partial charge < -0.3 is 21.1 Å². The zero-order valence-electron chi connectivity index (χ0n) is 15.7. The summed E-state index contributed by atoms with van der Waals surface area (Å²) < 4.78 is 0. The number of aliphatic imine (C=N–C) groups is 1. The van der Waals surface area contributed by atoms with Crippen LogP contribution in [-0.4, -0.2) is 42.6 Å². The molecule has 0 spiro atoms. The van der Waals surface area contributed by atoms with Crippen LogP contribution in [0.2, 0.25) is 0 Å². The summed E-state index contributed by atoms with van der Waals surface area (Å²) in [6.07, 6.45) is 4.28. The van der Waals surface area contributed by atoms with Crippen molar-refractivity contribution in [2.24, 2.45) is 4.99 Å². The van der Waals surface area contributed by atoms with Gasteiger partial charge in [-0.1, -0.05) is 19.1 Å². The van der Waals surface area contributed by atoms with E-state index in [1.165, 1.54) is 6.34 Å². The van der Waals surface area contributed by atoms with Crippen molar-refractivity contribution in [2.45, 2.75) is 39.4 Å². The lowest BCUT2D eigenvalue weighted by molar-refractivity contribution is -0.136. The van der Waals surface area contributed by atoms with Gasteiger partial charge in [0.1, 0.15) is 5.70 Å². The van der Waals surface area contributed by atoms with E-state index in [2.05, 4.69) is 33.2 Å². The molecule has 8 nitrogen and oxygen atoms in total. The number of carbonyl (C=O) groups excluding carboxylic acids is 1. The summed E-state index contributed by atoms with van der Waals surface area (Å²) in [5.41, 5.74) is 3.04. The van der Waals surface area contributed by atoms with E-state index in [0.29, 0.717) is 18.8 Å². The normalized spacial score (nSPS) is 15.8. The highest BCUT2D eigenvalue weighted by Gasteiger charge is 2.15. The predicted molar refractivity (Wildman–Crippen MR) is 106 cm³/mol. The molecule has 1 aromatic rings. The topological polar surface area (TPSA) is 115 Å². The number of amides is 1. The van der Waals surface area contributed by atoms with Crippen molar-refractivity contribution in [3.63, 3.8) is 0 Å². The van der Waals surface area contributed by atoms with Gasteiger partial charge in [0.15, 0.2) is 0 Å². The molecule has 0 radical (unpaired) electrons. The third-order valence-electron chi connectivity index (χ3n) is 4.01. The molecule has 0 fully saturated rings. The Morgan fingerprint density at radius 3 is 2.81 bits per heavy atom. The number of anilines is 1. The maximum Gasteiger partial charge on any atom is 0.304 e. The number of carboxylic acids is 1. The van der Waals surface area contributed by atoms with Gasteiger partial charge >= 0.3 is 5.97 Å². The molecule has 1 aromatic carbocycles. The molecule has 146 valence electrons. The molecule has 8 heteroatoms. The van der Waals surface area contributed by atoms with Crippen molar-refractivity contribution in [1.82, 2.24) is 16.0 Å². The first-order valence-electron chi connectivity index (χ1n) is 9.06. The number of aryl methyl sites for hydroxylation is 1. The number of nitrogens with zero attached hydrogens (tertiary/aromatic N) is 1. The van der Waals surface area contributed by atoms with Crippen LogP contribution in [0.1, 0.15) is 30.9 Å². The minimum atomic E-state index is -0.821. The number of hydrogen-bond donors (Lipinski definition) is 5. The van der Waals surface area contributed by atoms with Gasteiger partial charge in [-0.3, -0.25) is 14.9 Å². The Kier molecular flexibility index (Phi) is 7.97. The Bertz CT molecular complexity index is 730. The first kappa shape index (κ1) is 20.6. The Balaban J connectivity index is 1.92. The van der Waals surface area contributed by atoms with Gasteiger partial charge in [-0.2, -0.15) is 0 Å². The van der Waals surface area contributed by atoms with Crippen LogP contribution >= 0.6 is 0 Å². The number of rotatable bonds is 10. The molecule has 0 bridgehead atoms. The average molecular weight is 373 g/mol. The largest absolute Gasteiger partial charge is 0.481 e. The van der Waals surface area contributed by atoms with Gasteiger partial charge in [0.05, 0.1) is 18.9 Å². The number of carbonyl (C=O) groups is 2. The first-order chi connectivity index (χ1) is 13.0. The van der Waals surface area contributed by atoms with Crippen molar-refractivity contribution >= 4 is 23.9 Å². The molecule has 1 heterocycles. The highest BCUT2D eigenvalue weighted by Crippen LogP contribution is 2.18. The molecule has 1 unspecified atom stereocenters. The fraction of sp³-hybridized carbons (Fsp3) is 0.421. The molecule has 0 saturated heterocycles. The van der Waals surface area contributed by atoms with E-state index in [-0.39, 0.29) is 18.5 Å². The summed E-state index contributed by atoms with van der Waals surface area (Å²) in [6.45, 7) is 5.84. The van der Waals surface area contributed by atoms with E-state index in [1.54, 1.807) is 6.08 Å². The van der Waals surface area contributed by atoms with E-state index >= 15 is 0 Å². The fourth-order valence-electron chi connectivity index (χ4n) is 2.58. The molecule has 1 aliphatic rings. The van der Waals surface area contributed by atoms with Gasteiger partial charge in [0.2, 0.25) is 0 Å². The van der Waals surface area contributed by atoms with Crippen LogP contribution in [0.5, 0.6) is 0 Å². The molecule has 2 rings (SSSR count). The van der Waals surface area contributed by atoms with Crippen molar-refractivity contribution < 1.29 is 14.7 Å². The van der Waals surface area contributed by atoms with Crippen LogP contribution in [0, 0.1) is 6.92 Å². The van der Waals surface area contributed by atoms with Crippen LogP contribution in [-0.2, 0) is 16.1 Å². The molecule has 0 aromatic heterocycles. The van der Waals surface area contributed by atoms with Gasteiger partial charge in [-0.25, -0.2) is 4.99 Å². The summed E-state index contributed by atoms with van der Waals surface area (Å²) >= 11 is 0. The second kappa shape index (κ2) is 10.4. The highest BCUT2D eigenvalue weighted by atomic mass is 16.4. The third-order valence-corrected chi connectivity index (χ3v) is 4.01. The van der Waals surface area contributed by atoms with E-state index in [0.717, 1.165) is 29.8 Å². The number of nitrogens with one attached hydrogen (secondary N) is 4. The standard InChI is InChI=1S/C19H27N5O3/c1-3-7-21-17-10-16(22-12-23-17)19(27)24-15-5-4-14(9-13(15)2)11-20-8-6-18(25)26/h4-5,9-10,12,17,20-21H,3,6-8,11H2,1-2H3,(H,22,23)(H,24,27)(H,25,26). The lowest BCUT2D eigenvalue weighted by atomic mass is 10.1. The number of aliphatic carboxylic acids is 1. The van der Waals surface area contributed by atoms with Gasteiger partial charge in [0, 0.05) is 18.8 Å². The maximum absolute atomic E-state index is 12.5. The van der Waals surface area contributed by atoms with Crippen molar-refractivity contribution in [1.29, 1.82) is 0 Å². The molecular weight excluding hydrogens is 346 g/mol. The van der Waals surface area contributed by atoms with Gasteiger partial charge in [-0.15, -0.1) is 0 Å². The minimum Gasteiger partial charge on any atom is -0.481 e. The molecular formula is C19H27N5O3. The molecule has 0 saturated carbocycles. The van der Waals surface area contributed by atoms with Crippen LogP contribution in [0.25, 0.3) is 0 Å². The van der Waals surface area contributed by atoms with E-state index < -0.39 is 5.97 Å².